The lowest BCUT2D eigenvalue weighted by Crippen LogP contribution is -2.74. The van der Waals surface area contributed by atoms with E-state index in [4.69, 9.17) is 0 Å². The molecule has 4 heteroatoms. The van der Waals surface area contributed by atoms with Crippen molar-refractivity contribution in [2.24, 2.45) is 0 Å². The first-order valence-electron chi connectivity index (χ1n) is 22.1. The SMILES string of the molecule is c1ccc(-n2c3ccccc3c3cc([Si](c4ccccc4)(c4ccccc4)c4cccc(-n5c6ccccc6c6c7c8ccccc8n(-c8ccccc8)c7ccc65)c4)ccc32)cc1. The van der Waals surface area contributed by atoms with Crippen molar-refractivity contribution < 1.29 is 0 Å². The van der Waals surface area contributed by atoms with Gasteiger partial charge in [-0.3, -0.25) is 0 Å². The number of rotatable bonds is 7. The Morgan fingerprint density at radius 3 is 1.12 bits per heavy atom. The molecule has 10 aromatic carbocycles. The first kappa shape index (κ1) is 36.5. The fraction of sp³-hybridized carbons (Fsp3) is 0. The van der Waals surface area contributed by atoms with Crippen molar-refractivity contribution in [1.29, 1.82) is 0 Å². The zero-order chi connectivity index (χ0) is 42.2. The first-order valence-corrected chi connectivity index (χ1v) is 24.1. The molecule has 0 aliphatic heterocycles. The fourth-order valence-corrected chi connectivity index (χ4v) is 15.8. The second-order valence-corrected chi connectivity index (χ2v) is 20.7. The van der Waals surface area contributed by atoms with Gasteiger partial charge in [-0.05, 0) is 93.5 Å². The zero-order valence-corrected chi connectivity index (χ0v) is 36.0. The van der Waals surface area contributed by atoms with Gasteiger partial charge in [-0.15, -0.1) is 0 Å². The molecule has 0 saturated carbocycles. The number of hydrogen-bond acceptors (Lipinski definition) is 0. The molecule has 0 unspecified atom stereocenters. The van der Waals surface area contributed by atoms with Gasteiger partial charge in [0.15, 0.2) is 8.07 Å². The number of hydrogen-bond donors (Lipinski definition) is 0. The van der Waals surface area contributed by atoms with Crippen LogP contribution in [-0.4, -0.2) is 21.8 Å². The van der Waals surface area contributed by atoms with Gasteiger partial charge in [-0.1, -0.05) is 176 Å². The average Bonchev–Trinajstić information content (AvgIpc) is 4.01. The monoisotopic (exact) mass is 831 g/mol. The highest BCUT2D eigenvalue weighted by Gasteiger charge is 2.42. The van der Waals surface area contributed by atoms with Gasteiger partial charge in [0.1, 0.15) is 0 Å². The third-order valence-corrected chi connectivity index (χ3v) is 18.3. The number of aromatic nitrogens is 3. The Labute approximate surface area is 372 Å². The minimum atomic E-state index is -2.99. The summed E-state index contributed by atoms with van der Waals surface area (Å²) in [5, 5.41) is 13.0. The Balaban J connectivity index is 1.10. The summed E-state index contributed by atoms with van der Waals surface area (Å²) in [5.41, 5.74) is 10.7. The Morgan fingerprint density at radius 2 is 0.578 bits per heavy atom. The Morgan fingerprint density at radius 1 is 0.219 bits per heavy atom. The second kappa shape index (κ2) is 14.5. The molecule has 13 rings (SSSR count). The van der Waals surface area contributed by atoms with Crippen molar-refractivity contribution in [3.05, 3.63) is 249 Å². The van der Waals surface area contributed by atoms with Crippen LogP contribution >= 0.6 is 0 Å². The van der Waals surface area contributed by atoms with Gasteiger partial charge >= 0.3 is 0 Å². The minimum Gasteiger partial charge on any atom is -0.309 e. The number of para-hydroxylation sites is 5. The molecule has 0 aliphatic rings. The summed E-state index contributed by atoms with van der Waals surface area (Å²) in [6.45, 7) is 0. The molecule has 300 valence electrons. The standard InChI is InChI=1S/C60H41N3Si/c1-5-20-42(21-6-1)61-53-33-16-13-30-49(53)52-41-48(36-37-56(52)61)64(45-25-9-3-10-26-45,46-27-11-4-12-28-46)47-29-19-24-44(40-47)63-55-35-18-15-32-51(55)60-58(63)39-38-57-59(60)50-31-14-17-34-54(50)62(57)43-22-7-2-8-23-43/h1-41H. The second-order valence-electron chi connectivity index (χ2n) is 16.8. The highest BCUT2D eigenvalue weighted by Crippen LogP contribution is 2.42. The van der Waals surface area contributed by atoms with Crippen LogP contribution in [0.3, 0.4) is 0 Å². The summed E-state index contributed by atoms with van der Waals surface area (Å²) in [5.74, 6) is 0. The van der Waals surface area contributed by atoms with Crippen molar-refractivity contribution in [3.8, 4) is 17.1 Å². The van der Waals surface area contributed by atoms with Gasteiger partial charge in [-0.25, -0.2) is 0 Å². The van der Waals surface area contributed by atoms with E-state index in [9.17, 15) is 0 Å². The molecule has 0 bridgehead atoms. The Hall–Kier alpha value is -8.18. The molecule has 3 nitrogen and oxygen atoms in total. The van der Waals surface area contributed by atoms with Crippen LogP contribution in [0.5, 0.6) is 0 Å². The summed E-state index contributed by atoms with van der Waals surface area (Å²) in [7, 11) is -2.99. The highest BCUT2D eigenvalue weighted by molar-refractivity contribution is 7.20. The van der Waals surface area contributed by atoms with Crippen LogP contribution in [0.1, 0.15) is 0 Å². The van der Waals surface area contributed by atoms with Gasteiger partial charge in [0.2, 0.25) is 0 Å². The van der Waals surface area contributed by atoms with Crippen molar-refractivity contribution in [3.63, 3.8) is 0 Å². The summed E-state index contributed by atoms with van der Waals surface area (Å²) >= 11 is 0. The molecule has 0 N–H and O–H groups in total. The van der Waals surface area contributed by atoms with Crippen LogP contribution in [0.15, 0.2) is 249 Å². The first-order chi connectivity index (χ1) is 31.8. The predicted molar refractivity (Wildman–Crippen MR) is 273 cm³/mol. The molecule has 0 radical (unpaired) electrons. The van der Waals surface area contributed by atoms with Gasteiger partial charge in [0.05, 0.1) is 33.1 Å². The maximum absolute atomic E-state index is 2.99. The summed E-state index contributed by atoms with van der Waals surface area (Å²) in [6.07, 6.45) is 0. The van der Waals surface area contributed by atoms with E-state index < -0.39 is 8.07 Å². The largest absolute Gasteiger partial charge is 0.309 e. The molecule has 0 fully saturated rings. The molecule has 0 saturated heterocycles. The molecule has 64 heavy (non-hydrogen) atoms. The average molecular weight is 832 g/mol. The summed E-state index contributed by atoms with van der Waals surface area (Å²) < 4.78 is 7.35. The molecule has 13 aromatic rings. The molecular weight excluding hydrogens is 791 g/mol. The molecule has 3 heterocycles. The minimum absolute atomic E-state index is 1.15. The molecule has 3 aromatic heterocycles. The lowest BCUT2D eigenvalue weighted by molar-refractivity contribution is 1.17. The van der Waals surface area contributed by atoms with Crippen molar-refractivity contribution in [1.82, 2.24) is 13.7 Å². The van der Waals surface area contributed by atoms with E-state index in [1.165, 1.54) is 86.2 Å². The smallest absolute Gasteiger partial charge is 0.179 e. The van der Waals surface area contributed by atoms with E-state index in [2.05, 4.69) is 262 Å². The van der Waals surface area contributed by atoms with E-state index in [-0.39, 0.29) is 0 Å². The van der Waals surface area contributed by atoms with Gasteiger partial charge in [-0.2, -0.15) is 0 Å². The van der Waals surface area contributed by atoms with Crippen LogP contribution < -0.4 is 20.7 Å². The number of benzene rings is 10. The molecule has 0 atom stereocenters. The van der Waals surface area contributed by atoms with Crippen molar-refractivity contribution in [2.75, 3.05) is 0 Å². The fourth-order valence-electron chi connectivity index (χ4n) is 11.0. The highest BCUT2D eigenvalue weighted by atomic mass is 28.3. The summed E-state index contributed by atoms with van der Waals surface area (Å²) in [6, 6.07) is 92.3. The normalized spacial score (nSPS) is 12.1. The van der Waals surface area contributed by atoms with Crippen molar-refractivity contribution >= 4 is 94.2 Å². The quantitative estimate of drug-likeness (QED) is 0.112. The van der Waals surface area contributed by atoms with Gasteiger partial charge in [0.25, 0.3) is 0 Å². The molecule has 0 aliphatic carbocycles. The Bertz CT molecular complexity index is 3840. The van der Waals surface area contributed by atoms with Crippen LogP contribution in [0.4, 0.5) is 0 Å². The molecule has 0 amide bonds. The van der Waals surface area contributed by atoms with Crippen LogP contribution in [0.2, 0.25) is 0 Å². The molecular formula is C60H41N3Si. The van der Waals surface area contributed by atoms with Crippen LogP contribution in [0, 0.1) is 0 Å². The third kappa shape index (κ3) is 5.27. The maximum atomic E-state index is 2.52. The van der Waals surface area contributed by atoms with E-state index in [0.29, 0.717) is 0 Å². The maximum Gasteiger partial charge on any atom is 0.179 e. The van der Waals surface area contributed by atoms with Crippen LogP contribution in [-0.2, 0) is 0 Å². The number of fused-ring (bicyclic) bond motifs is 10. The predicted octanol–water partition coefficient (Wildman–Crippen LogP) is 12.4. The van der Waals surface area contributed by atoms with Gasteiger partial charge < -0.3 is 13.7 Å². The zero-order valence-electron chi connectivity index (χ0n) is 35.0. The summed E-state index contributed by atoms with van der Waals surface area (Å²) in [4.78, 5) is 0. The topological polar surface area (TPSA) is 14.8 Å². The van der Waals surface area contributed by atoms with E-state index >= 15 is 0 Å². The van der Waals surface area contributed by atoms with E-state index in [1.54, 1.807) is 0 Å². The Kier molecular flexibility index (Phi) is 8.23. The lowest BCUT2D eigenvalue weighted by atomic mass is 10.1. The lowest BCUT2D eigenvalue weighted by Gasteiger charge is -2.35. The third-order valence-electron chi connectivity index (χ3n) is 13.6. The van der Waals surface area contributed by atoms with Crippen LogP contribution in [0.25, 0.3) is 82.5 Å². The van der Waals surface area contributed by atoms with E-state index in [1.807, 2.05) is 0 Å². The molecule has 0 spiro atoms. The van der Waals surface area contributed by atoms with Gasteiger partial charge in [0, 0.05) is 49.4 Å². The van der Waals surface area contributed by atoms with Crippen molar-refractivity contribution in [2.45, 2.75) is 0 Å². The number of nitrogens with zero attached hydrogens (tertiary/aromatic N) is 3. The van der Waals surface area contributed by atoms with E-state index in [0.717, 1.165) is 17.1 Å².